The molecule has 1 fully saturated rings. The summed E-state index contributed by atoms with van der Waals surface area (Å²) in [6.45, 7) is 1.93. The maximum atomic E-state index is 12.5. The quantitative estimate of drug-likeness (QED) is 0.843. The summed E-state index contributed by atoms with van der Waals surface area (Å²) in [6, 6.07) is 10.2. The fourth-order valence-electron chi connectivity index (χ4n) is 3.09. The second kappa shape index (κ2) is 7.46. The molecule has 21 heavy (non-hydrogen) atoms. The van der Waals surface area contributed by atoms with Crippen molar-refractivity contribution in [2.45, 2.75) is 32.1 Å². The molecule has 0 atom stereocenters. The molecule has 0 saturated heterocycles. The first-order chi connectivity index (χ1) is 10.2. The topological polar surface area (TPSA) is 58.4 Å². The molecule has 1 amide bonds. The van der Waals surface area contributed by atoms with Crippen LogP contribution >= 0.6 is 0 Å². The number of nitrogens with two attached hydrogens (primary N) is 1. The SMILES string of the molecule is CN(CCNC(=O)C1(CN)CCCCC1)c1ccccc1. The highest BCUT2D eigenvalue weighted by molar-refractivity contribution is 5.83. The highest BCUT2D eigenvalue weighted by Gasteiger charge is 2.37. The van der Waals surface area contributed by atoms with E-state index in [9.17, 15) is 4.79 Å². The number of nitrogens with one attached hydrogen (secondary N) is 1. The Hall–Kier alpha value is -1.55. The normalized spacial score (nSPS) is 17.2. The summed E-state index contributed by atoms with van der Waals surface area (Å²) in [6.07, 6.45) is 5.34. The number of rotatable bonds is 6. The third-order valence-electron chi connectivity index (χ3n) is 4.61. The monoisotopic (exact) mass is 289 g/mol. The Bertz CT molecular complexity index is 441. The van der Waals surface area contributed by atoms with Crippen molar-refractivity contribution in [2.24, 2.45) is 11.1 Å². The van der Waals surface area contributed by atoms with Crippen molar-refractivity contribution in [2.75, 3.05) is 31.6 Å². The van der Waals surface area contributed by atoms with E-state index in [4.69, 9.17) is 5.73 Å². The Morgan fingerprint density at radius 1 is 1.24 bits per heavy atom. The molecular formula is C17H27N3O. The number of para-hydroxylation sites is 1. The van der Waals surface area contributed by atoms with Gasteiger partial charge >= 0.3 is 0 Å². The van der Waals surface area contributed by atoms with Gasteiger partial charge < -0.3 is 16.0 Å². The van der Waals surface area contributed by atoms with Gasteiger partial charge in [0.15, 0.2) is 0 Å². The minimum absolute atomic E-state index is 0.145. The lowest BCUT2D eigenvalue weighted by Gasteiger charge is -2.34. The van der Waals surface area contributed by atoms with E-state index in [2.05, 4.69) is 22.3 Å². The van der Waals surface area contributed by atoms with E-state index in [1.54, 1.807) is 0 Å². The molecular weight excluding hydrogens is 262 g/mol. The van der Waals surface area contributed by atoms with E-state index < -0.39 is 0 Å². The largest absolute Gasteiger partial charge is 0.373 e. The first kappa shape index (κ1) is 15.8. The molecule has 0 aromatic heterocycles. The lowest BCUT2D eigenvalue weighted by molar-refractivity contribution is -0.132. The zero-order valence-corrected chi connectivity index (χ0v) is 13.0. The van der Waals surface area contributed by atoms with Crippen LogP contribution < -0.4 is 16.0 Å². The third kappa shape index (κ3) is 3.97. The summed E-state index contributed by atoms with van der Waals surface area (Å²) in [4.78, 5) is 14.6. The molecule has 4 nitrogen and oxygen atoms in total. The van der Waals surface area contributed by atoms with Crippen molar-refractivity contribution >= 4 is 11.6 Å². The van der Waals surface area contributed by atoms with Crippen LogP contribution in [0, 0.1) is 5.41 Å². The molecule has 3 N–H and O–H groups in total. The molecule has 116 valence electrons. The van der Waals surface area contributed by atoms with Crippen molar-refractivity contribution in [1.82, 2.24) is 5.32 Å². The maximum Gasteiger partial charge on any atom is 0.227 e. The van der Waals surface area contributed by atoms with Gasteiger partial charge in [0.2, 0.25) is 5.91 Å². The van der Waals surface area contributed by atoms with Gasteiger partial charge in [-0.1, -0.05) is 37.5 Å². The first-order valence-electron chi connectivity index (χ1n) is 7.92. The molecule has 1 saturated carbocycles. The highest BCUT2D eigenvalue weighted by Crippen LogP contribution is 2.35. The van der Waals surface area contributed by atoms with Gasteiger partial charge in [0.05, 0.1) is 5.41 Å². The van der Waals surface area contributed by atoms with Gasteiger partial charge in [-0.2, -0.15) is 0 Å². The fourth-order valence-corrected chi connectivity index (χ4v) is 3.09. The molecule has 2 rings (SSSR count). The van der Waals surface area contributed by atoms with Gasteiger partial charge in [-0.05, 0) is 25.0 Å². The standard InChI is InChI=1S/C17H27N3O/c1-20(15-8-4-2-5-9-15)13-12-19-16(21)17(14-18)10-6-3-7-11-17/h2,4-5,8-9H,3,6-7,10-14,18H2,1H3,(H,19,21). The van der Waals surface area contributed by atoms with E-state index in [1.807, 2.05) is 25.2 Å². The van der Waals surface area contributed by atoms with Crippen molar-refractivity contribution < 1.29 is 4.79 Å². The van der Waals surface area contributed by atoms with Gasteiger partial charge in [-0.15, -0.1) is 0 Å². The van der Waals surface area contributed by atoms with Crippen LogP contribution in [0.15, 0.2) is 30.3 Å². The maximum absolute atomic E-state index is 12.5. The van der Waals surface area contributed by atoms with Gasteiger partial charge in [-0.3, -0.25) is 4.79 Å². The summed E-state index contributed by atoms with van der Waals surface area (Å²) in [5.74, 6) is 0.145. The molecule has 0 spiro atoms. The highest BCUT2D eigenvalue weighted by atomic mass is 16.2. The predicted molar refractivity (Wildman–Crippen MR) is 87.3 cm³/mol. The molecule has 1 aliphatic carbocycles. The summed E-state index contributed by atoms with van der Waals surface area (Å²) < 4.78 is 0. The van der Waals surface area contributed by atoms with E-state index >= 15 is 0 Å². The Balaban J connectivity index is 1.81. The van der Waals surface area contributed by atoms with Crippen LogP contribution in [0.3, 0.4) is 0 Å². The van der Waals surface area contributed by atoms with E-state index in [0.717, 1.165) is 37.9 Å². The second-order valence-electron chi connectivity index (χ2n) is 6.06. The van der Waals surface area contributed by atoms with Gasteiger partial charge in [0, 0.05) is 32.4 Å². The number of hydrogen-bond acceptors (Lipinski definition) is 3. The molecule has 0 radical (unpaired) electrons. The number of hydrogen-bond donors (Lipinski definition) is 2. The van der Waals surface area contributed by atoms with Gasteiger partial charge in [-0.25, -0.2) is 0 Å². The number of amides is 1. The van der Waals surface area contributed by atoms with Crippen LogP contribution in [0.25, 0.3) is 0 Å². The average Bonchev–Trinajstić information content (AvgIpc) is 2.56. The summed E-state index contributed by atoms with van der Waals surface area (Å²) >= 11 is 0. The van der Waals surface area contributed by atoms with Crippen molar-refractivity contribution in [1.29, 1.82) is 0 Å². The lowest BCUT2D eigenvalue weighted by atomic mass is 9.73. The Morgan fingerprint density at radius 3 is 2.52 bits per heavy atom. The second-order valence-corrected chi connectivity index (χ2v) is 6.06. The molecule has 0 unspecified atom stereocenters. The lowest BCUT2D eigenvalue weighted by Crippen LogP contribution is -2.48. The van der Waals surface area contributed by atoms with E-state index in [1.165, 1.54) is 6.42 Å². The zero-order chi connectivity index (χ0) is 15.1. The minimum Gasteiger partial charge on any atom is -0.373 e. The van der Waals surface area contributed by atoms with E-state index in [-0.39, 0.29) is 11.3 Å². The fraction of sp³-hybridized carbons (Fsp3) is 0.588. The number of carbonyl (C=O) groups is 1. The van der Waals surface area contributed by atoms with Crippen molar-refractivity contribution in [3.63, 3.8) is 0 Å². The molecule has 1 aromatic rings. The number of benzene rings is 1. The van der Waals surface area contributed by atoms with Crippen LogP contribution in [0.5, 0.6) is 0 Å². The summed E-state index contributed by atoms with van der Waals surface area (Å²) in [5.41, 5.74) is 6.74. The first-order valence-corrected chi connectivity index (χ1v) is 7.92. The van der Waals surface area contributed by atoms with E-state index in [0.29, 0.717) is 13.1 Å². The van der Waals surface area contributed by atoms with Crippen LogP contribution in [0.2, 0.25) is 0 Å². The number of anilines is 1. The summed E-state index contributed by atoms with van der Waals surface area (Å²) in [5, 5.41) is 3.08. The predicted octanol–water partition coefficient (Wildman–Crippen LogP) is 2.15. The summed E-state index contributed by atoms with van der Waals surface area (Å²) in [7, 11) is 2.04. The molecule has 0 heterocycles. The van der Waals surface area contributed by atoms with Crippen molar-refractivity contribution in [3.05, 3.63) is 30.3 Å². The Morgan fingerprint density at radius 2 is 1.90 bits per heavy atom. The van der Waals surface area contributed by atoms with Gasteiger partial charge in [0.25, 0.3) is 0 Å². The van der Waals surface area contributed by atoms with Crippen LogP contribution in [-0.2, 0) is 4.79 Å². The van der Waals surface area contributed by atoms with Crippen LogP contribution in [-0.4, -0.2) is 32.6 Å². The molecule has 1 aromatic carbocycles. The molecule has 0 bridgehead atoms. The Kier molecular flexibility index (Phi) is 5.62. The number of likely N-dealkylation sites (N-methyl/N-ethyl adjacent to an activating group) is 1. The Labute approximate surface area is 127 Å². The third-order valence-corrected chi connectivity index (χ3v) is 4.61. The minimum atomic E-state index is -0.316. The average molecular weight is 289 g/mol. The molecule has 1 aliphatic rings. The smallest absolute Gasteiger partial charge is 0.227 e. The molecule has 0 aliphatic heterocycles. The van der Waals surface area contributed by atoms with Crippen LogP contribution in [0.4, 0.5) is 5.69 Å². The molecule has 4 heteroatoms. The van der Waals surface area contributed by atoms with Crippen molar-refractivity contribution in [3.8, 4) is 0 Å². The zero-order valence-electron chi connectivity index (χ0n) is 13.0. The number of carbonyl (C=O) groups excluding carboxylic acids is 1. The van der Waals surface area contributed by atoms with Gasteiger partial charge in [0.1, 0.15) is 0 Å². The number of nitrogens with zero attached hydrogens (tertiary/aromatic N) is 1. The van der Waals surface area contributed by atoms with Crippen LogP contribution in [0.1, 0.15) is 32.1 Å².